The third-order valence-corrected chi connectivity index (χ3v) is 4.30. The lowest BCUT2D eigenvalue weighted by Crippen LogP contribution is -2.15. The van der Waals surface area contributed by atoms with Crippen molar-refractivity contribution in [2.75, 3.05) is 7.11 Å². The van der Waals surface area contributed by atoms with Gasteiger partial charge >= 0.3 is 6.09 Å². The number of imidazole rings is 1. The molecule has 134 valence electrons. The van der Waals surface area contributed by atoms with Crippen LogP contribution in [0.2, 0.25) is 0 Å². The number of rotatable bonds is 4. The summed E-state index contributed by atoms with van der Waals surface area (Å²) in [5.41, 5.74) is 3.21. The SMILES string of the molecule is COc1ccc(COC(=O)n2c(-c3ccccc3)nc3ccccc32)cc1. The Bertz CT molecular complexity index is 1070. The van der Waals surface area contributed by atoms with Gasteiger partial charge in [-0.2, -0.15) is 0 Å². The fourth-order valence-corrected chi connectivity index (χ4v) is 2.92. The van der Waals surface area contributed by atoms with E-state index in [0.717, 1.165) is 27.9 Å². The number of ether oxygens (including phenoxy) is 2. The molecule has 0 saturated carbocycles. The van der Waals surface area contributed by atoms with Crippen LogP contribution in [-0.4, -0.2) is 22.8 Å². The van der Waals surface area contributed by atoms with Crippen molar-refractivity contribution in [1.82, 2.24) is 9.55 Å². The summed E-state index contributed by atoms with van der Waals surface area (Å²) < 4.78 is 12.2. The summed E-state index contributed by atoms with van der Waals surface area (Å²) in [5.74, 6) is 1.33. The number of benzene rings is 3. The van der Waals surface area contributed by atoms with Crippen molar-refractivity contribution in [2.24, 2.45) is 0 Å². The van der Waals surface area contributed by atoms with Crippen molar-refractivity contribution in [1.29, 1.82) is 0 Å². The van der Waals surface area contributed by atoms with E-state index < -0.39 is 6.09 Å². The highest BCUT2D eigenvalue weighted by molar-refractivity contribution is 5.91. The van der Waals surface area contributed by atoms with E-state index >= 15 is 0 Å². The zero-order valence-corrected chi connectivity index (χ0v) is 14.8. The van der Waals surface area contributed by atoms with E-state index in [1.807, 2.05) is 78.9 Å². The second-order valence-electron chi connectivity index (χ2n) is 6.03. The minimum atomic E-state index is -0.460. The maximum absolute atomic E-state index is 12.9. The standard InChI is InChI=1S/C22H18N2O3/c1-26-18-13-11-16(12-14-18)15-27-22(25)24-20-10-6-5-9-19(20)23-21(24)17-7-3-2-4-8-17/h2-14H,15H2,1H3. The van der Waals surface area contributed by atoms with Crippen LogP contribution in [0.25, 0.3) is 22.4 Å². The van der Waals surface area contributed by atoms with Crippen molar-refractivity contribution in [2.45, 2.75) is 6.61 Å². The highest BCUT2D eigenvalue weighted by Gasteiger charge is 2.19. The summed E-state index contributed by atoms with van der Waals surface area (Å²) in [6.07, 6.45) is -0.460. The molecule has 0 radical (unpaired) electrons. The molecule has 3 aromatic carbocycles. The Morgan fingerprint density at radius 2 is 1.63 bits per heavy atom. The molecule has 1 heterocycles. The monoisotopic (exact) mass is 358 g/mol. The van der Waals surface area contributed by atoms with Gasteiger partial charge in [0.15, 0.2) is 5.82 Å². The number of carbonyl (C=O) groups excluding carboxylic acids is 1. The largest absolute Gasteiger partial charge is 0.497 e. The molecular formula is C22H18N2O3. The fourth-order valence-electron chi connectivity index (χ4n) is 2.92. The summed E-state index contributed by atoms with van der Waals surface area (Å²) in [5, 5.41) is 0. The van der Waals surface area contributed by atoms with Crippen molar-refractivity contribution < 1.29 is 14.3 Å². The summed E-state index contributed by atoms with van der Waals surface area (Å²) in [7, 11) is 1.62. The van der Waals surface area contributed by atoms with E-state index in [1.54, 1.807) is 7.11 Å². The average molecular weight is 358 g/mol. The van der Waals surface area contributed by atoms with Crippen molar-refractivity contribution >= 4 is 17.1 Å². The lowest BCUT2D eigenvalue weighted by Gasteiger charge is -2.10. The highest BCUT2D eigenvalue weighted by Crippen LogP contribution is 2.25. The summed E-state index contributed by atoms with van der Waals surface area (Å²) in [6.45, 7) is 0.170. The molecule has 0 spiro atoms. The van der Waals surface area contributed by atoms with Gasteiger partial charge in [-0.3, -0.25) is 0 Å². The third-order valence-electron chi connectivity index (χ3n) is 4.30. The van der Waals surface area contributed by atoms with Crippen LogP contribution in [0.5, 0.6) is 5.75 Å². The van der Waals surface area contributed by atoms with Crippen LogP contribution >= 0.6 is 0 Å². The van der Waals surface area contributed by atoms with Crippen LogP contribution in [0.15, 0.2) is 78.9 Å². The molecule has 0 amide bonds. The average Bonchev–Trinajstić information content (AvgIpc) is 3.13. The maximum Gasteiger partial charge on any atom is 0.420 e. The molecule has 5 heteroatoms. The smallest absolute Gasteiger partial charge is 0.420 e. The summed E-state index contributed by atoms with van der Waals surface area (Å²) >= 11 is 0. The first-order valence-corrected chi connectivity index (χ1v) is 8.59. The number of hydrogen-bond donors (Lipinski definition) is 0. The predicted octanol–water partition coefficient (Wildman–Crippen LogP) is 4.90. The van der Waals surface area contributed by atoms with Gasteiger partial charge in [0.2, 0.25) is 0 Å². The number of methoxy groups -OCH3 is 1. The van der Waals surface area contributed by atoms with Gasteiger partial charge < -0.3 is 9.47 Å². The summed E-state index contributed by atoms with van der Waals surface area (Å²) in [4.78, 5) is 17.5. The van der Waals surface area contributed by atoms with E-state index in [4.69, 9.17) is 9.47 Å². The minimum Gasteiger partial charge on any atom is -0.497 e. The quantitative estimate of drug-likeness (QED) is 0.521. The van der Waals surface area contributed by atoms with E-state index in [2.05, 4.69) is 4.98 Å². The van der Waals surface area contributed by atoms with Gasteiger partial charge in [0, 0.05) is 5.56 Å². The first-order valence-electron chi connectivity index (χ1n) is 8.59. The van der Waals surface area contributed by atoms with Gasteiger partial charge in [0.25, 0.3) is 0 Å². The van der Waals surface area contributed by atoms with Gasteiger partial charge in [0.1, 0.15) is 12.4 Å². The number of carbonyl (C=O) groups is 1. The molecule has 0 fully saturated rings. The van der Waals surface area contributed by atoms with Crippen LogP contribution < -0.4 is 4.74 Å². The Morgan fingerprint density at radius 3 is 2.37 bits per heavy atom. The number of hydrogen-bond acceptors (Lipinski definition) is 4. The first-order chi connectivity index (χ1) is 13.3. The second-order valence-corrected chi connectivity index (χ2v) is 6.03. The number of fused-ring (bicyclic) bond motifs is 1. The Hall–Kier alpha value is -3.60. The summed E-state index contributed by atoms with van der Waals surface area (Å²) in [6, 6.07) is 24.6. The fraction of sp³-hybridized carbons (Fsp3) is 0.0909. The molecule has 0 unspecified atom stereocenters. The van der Waals surface area contributed by atoms with Crippen LogP contribution in [0.4, 0.5) is 4.79 Å². The molecule has 4 rings (SSSR count). The molecule has 0 aliphatic carbocycles. The molecule has 27 heavy (non-hydrogen) atoms. The minimum absolute atomic E-state index is 0.170. The molecule has 1 aromatic heterocycles. The topological polar surface area (TPSA) is 53.4 Å². The number of nitrogens with zero attached hydrogens (tertiary/aromatic N) is 2. The predicted molar refractivity (Wildman–Crippen MR) is 104 cm³/mol. The zero-order valence-electron chi connectivity index (χ0n) is 14.8. The second kappa shape index (κ2) is 7.33. The molecule has 0 atom stereocenters. The molecule has 5 nitrogen and oxygen atoms in total. The molecule has 0 aliphatic rings. The molecular weight excluding hydrogens is 340 g/mol. The van der Waals surface area contributed by atoms with Gasteiger partial charge in [-0.15, -0.1) is 0 Å². The van der Waals surface area contributed by atoms with Gasteiger partial charge in [0.05, 0.1) is 18.1 Å². The van der Waals surface area contributed by atoms with Crippen molar-refractivity contribution in [3.05, 3.63) is 84.4 Å². The zero-order chi connectivity index (χ0) is 18.6. The normalized spacial score (nSPS) is 10.7. The van der Waals surface area contributed by atoms with E-state index in [0.29, 0.717) is 5.82 Å². The Kier molecular flexibility index (Phi) is 4.58. The third kappa shape index (κ3) is 3.40. The molecule has 0 N–H and O–H groups in total. The highest BCUT2D eigenvalue weighted by atomic mass is 16.5. The Labute approximate surface area is 156 Å². The lowest BCUT2D eigenvalue weighted by atomic mass is 10.2. The van der Waals surface area contributed by atoms with Gasteiger partial charge in [-0.25, -0.2) is 14.3 Å². The number of aromatic nitrogens is 2. The molecule has 0 bridgehead atoms. The lowest BCUT2D eigenvalue weighted by molar-refractivity contribution is 0.142. The van der Waals surface area contributed by atoms with E-state index in [9.17, 15) is 4.79 Å². The van der Waals surface area contributed by atoms with Gasteiger partial charge in [-0.1, -0.05) is 54.6 Å². The van der Waals surface area contributed by atoms with Crippen LogP contribution in [0, 0.1) is 0 Å². The first kappa shape index (κ1) is 16.8. The number of para-hydroxylation sites is 2. The van der Waals surface area contributed by atoms with E-state index in [1.165, 1.54) is 4.57 Å². The van der Waals surface area contributed by atoms with Crippen molar-refractivity contribution in [3.63, 3.8) is 0 Å². The molecule has 0 saturated heterocycles. The molecule has 0 aliphatic heterocycles. The van der Waals surface area contributed by atoms with Crippen LogP contribution in [0.1, 0.15) is 5.56 Å². The maximum atomic E-state index is 12.9. The molecule has 4 aromatic rings. The van der Waals surface area contributed by atoms with Crippen LogP contribution in [0.3, 0.4) is 0 Å². The Balaban J connectivity index is 1.66. The van der Waals surface area contributed by atoms with E-state index in [-0.39, 0.29) is 6.61 Å². The van der Waals surface area contributed by atoms with Crippen LogP contribution in [-0.2, 0) is 11.3 Å². The van der Waals surface area contributed by atoms with Crippen molar-refractivity contribution in [3.8, 4) is 17.1 Å². The Morgan fingerprint density at radius 1 is 0.926 bits per heavy atom. The van der Waals surface area contributed by atoms with Gasteiger partial charge in [-0.05, 0) is 29.8 Å².